The molecule has 1 aromatic carbocycles. The Morgan fingerprint density at radius 3 is 2.41 bits per heavy atom. The van der Waals surface area contributed by atoms with Crippen molar-refractivity contribution in [3.05, 3.63) is 46.8 Å². The Morgan fingerprint density at radius 1 is 1.24 bits per heavy atom. The summed E-state index contributed by atoms with van der Waals surface area (Å²) in [4.78, 5) is 0. The van der Waals surface area contributed by atoms with Crippen LogP contribution in [0.3, 0.4) is 0 Å². The number of hydrogen-bond donors (Lipinski definition) is 2. The highest BCUT2D eigenvalue weighted by atomic mass is 15.3. The van der Waals surface area contributed by atoms with Crippen LogP contribution in [-0.2, 0) is 0 Å². The summed E-state index contributed by atoms with van der Waals surface area (Å²) >= 11 is 0. The van der Waals surface area contributed by atoms with Gasteiger partial charge in [-0.2, -0.15) is 5.10 Å². The highest BCUT2D eigenvalue weighted by Gasteiger charge is 2.07. The lowest BCUT2D eigenvalue weighted by Gasteiger charge is -2.09. The molecule has 88 valence electrons. The first-order chi connectivity index (χ1) is 7.99. The summed E-state index contributed by atoms with van der Waals surface area (Å²) in [5.74, 6) is 0.0908. The number of hydrogen-bond acceptors (Lipinski definition) is 2. The van der Waals surface area contributed by atoms with Crippen LogP contribution in [0.4, 0.5) is 0 Å². The number of aryl methyl sites for hydroxylation is 3. The second kappa shape index (κ2) is 4.05. The number of nitrogens with zero attached hydrogens (tertiary/aromatic N) is 2. The van der Waals surface area contributed by atoms with E-state index >= 15 is 0 Å². The maximum atomic E-state index is 7.41. The zero-order valence-corrected chi connectivity index (χ0v) is 10.3. The van der Waals surface area contributed by atoms with Gasteiger partial charge < -0.3 is 5.73 Å². The van der Waals surface area contributed by atoms with Crippen molar-refractivity contribution < 1.29 is 0 Å². The van der Waals surface area contributed by atoms with E-state index in [0.29, 0.717) is 0 Å². The number of aromatic nitrogens is 2. The van der Waals surface area contributed by atoms with Gasteiger partial charge in [-0.3, -0.25) is 5.41 Å². The van der Waals surface area contributed by atoms with Gasteiger partial charge in [-0.15, -0.1) is 0 Å². The van der Waals surface area contributed by atoms with E-state index in [-0.39, 0.29) is 5.84 Å². The Labute approximate surface area is 101 Å². The predicted octanol–water partition coefficient (Wildman–Crippen LogP) is 2.08. The van der Waals surface area contributed by atoms with Crippen molar-refractivity contribution in [2.75, 3.05) is 0 Å². The molecular weight excluding hydrogens is 212 g/mol. The lowest BCUT2D eigenvalue weighted by atomic mass is 10.1. The predicted molar refractivity (Wildman–Crippen MR) is 68.8 cm³/mol. The molecule has 0 saturated heterocycles. The van der Waals surface area contributed by atoms with Crippen LogP contribution < -0.4 is 5.73 Å². The summed E-state index contributed by atoms with van der Waals surface area (Å²) < 4.78 is 1.91. The third-order valence-electron chi connectivity index (χ3n) is 2.75. The van der Waals surface area contributed by atoms with Crippen molar-refractivity contribution in [1.29, 1.82) is 5.41 Å². The van der Waals surface area contributed by atoms with Crippen LogP contribution in [0.5, 0.6) is 0 Å². The monoisotopic (exact) mass is 228 g/mol. The quantitative estimate of drug-likeness (QED) is 0.610. The molecule has 3 N–H and O–H groups in total. The Morgan fingerprint density at radius 2 is 1.94 bits per heavy atom. The largest absolute Gasteiger partial charge is 0.384 e. The number of amidine groups is 1. The van der Waals surface area contributed by atoms with Crippen molar-refractivity contribution in [2.24, 2.45) is 5.73 Å². The molecule has 0 bridgehead atoms. The second-order valence-electron chi connectivity index (χ2n) is 4.25. The van der Waals surface area contributed by atoms with Gasteiger partial charge in [0, 0.05) is 11.3 Å². The molecule has 0 saturated carbocycles. The van der Waals surface area contributed by atoms with E-state index in [2.05, 4.69) is 5.10 Å². The van der Waals surface area contributed by atoms with Gasteiger partial charge in [0.2, 0.25) is 0 Å². The highest BCUT2D eigenvalue weighted by molar-refractivity contribution is 5.95. The molecular formula is C13H16N4. The minimum Gasteiger partial charge on any atom is -0.384 e. The normalized spacial score (nSPS) is 10.5. The van der Waals surface area contributed by atoms with Crippen molar-refractivity contribution >= 4 is 5.84 Å². The topological polar surface area (TPSA) is 67.7 Å². The van der Waals surface area contributed by atoms with Crippen LogP contribution in [0.1, 0.15) is 22.5 Å². The van der Waals surface area contributed by atoms with Gasteiger partial charge in [0.05, 0.1) is 11.4 Å². The molecule has 2 aromatic rings. The molecule has 1 aromatic heterocycles. The first-order valence-electron chi connectivity index (χ1n) is 5.47. The highest BCUT2D eigenvalue weighted by Crippen LogP contribution is 2.17. The van der Waals surface area contributed by atoms with Crippen LogP contribution >= 0.6 is 0 Å². The summed E-state index contributed by atoms with van der Waals surface area (Å²) in [5, 5.41) is 11.9. The van der Waals surface area contributed by atoms with Crippen LogP contribution in [0.2, 0.25) is 0 Å². The number of nitrogens with two attached hydrogens (primary N) is 1. The Kier molecular flexibility index (Phi) is 2.71. The maximum Gasteiger partial charge on any atom is 0.122 e. The van der Waals surface area contributed by atoms with E-state index in [9.17, 15) is 0 Å². The van der Waals surface area contributed by atoms with Crippen molar-refractivity contribution in [3.63, 3.8) is 0 Å². The van der Waals surface area contributed by atoms with E-state index in [4.69, 9.17) is 11.1 Å². The Balaban J connectivity index is 2.54. The van der Waals surface area contributed by atoms with E-state index in [1.165, 1.54) is 0 Å². The first kappa shape index (κ1) is 11.4. The van der Waals surface area contributed by atoms with Crippen LogP contribution in [0, 0.1) is 26.2 Å². The molecule has 17 heavy (non-hydrogen) atoms. The molecule has 4 heteroatoms. The van der Waals surface area contributed by atoms with E-state index < -0.39 is 0 Å². The van der Waals surface area contributed by atoms with Crippen molar-refractivity contribution in [1.82, 2.24) is 9.78 Å². The van der Waals surface area contributed by atoms with Crippen LogP contribution in [0.25, 0.3) is 5.69 Å². The fourth-order valence-corrected chi connectivity index (χ4v) is 1.93. The molecule has 2 rings (SSSR count). The van der Waals surface area contributed by atoms with Gasteiger partial charge >= 0.3 is 0 Å². The zero-order valence-electron chi connectivity index (χ0n) is 10.3. The smallest absolute Gasteiger partial charge is 0.122 e. The maximum absolute atomic E-state index is 7.41. The average molecular weight is 228 g/mol. The summed E-state index contributed by atoms with van der Waals surface area (Å²) in [6, 6.07) is 7.75. The second-order valence-corrected chi connectivity index (χ2v) is 4.25. The molecule has 0 atom stereocenters. The molecule has 0 aliphatic rings. The van der Waals surface area contributed by atoms with Gasteiger partial charge in [0.25, 0.3) is 0 Å². The van der Waals surface area contributed by atoms with Gasteiger partial charge in [-0.1, -0.05) is 0 Å². The van der Waals surface area contributed by atoms with Crippen molar-refractivity contribution in [3.8, 4) is 5.69 Å². The third kappa shape index (κ3) is 2.06. The minimum absolute atomic E-state index is 0.0908. The zero-order chi connectivity index (χ0) is 12.6. The number of nitrogens with one attached hydrogen (secondary N) is 1. The molecule has 0 radical (unpaired) electrons. The summed E-state index contributed by atoms with van der Waals surface area (Å²) in [7, 11) is 0. The molecule has 0 unspecified atom stereocenters. The lowest BCUT2D eigenvalue weighted by molar-refractivity contribution is 0.827. The molecule has 0 amide bonds. The van der Waals surface area contributed by atoms with E-state index in [1.807, 2.05) is 49.7 Å². The standard InChI is InChI=1S/C13H16N4/c1-8-6-11(13(14)15)4-5-12(8)17-10(3)7-9(2)16-17/h4-7H,1-3H3,(H3,14,15). The number of nitrogen functional groups attached to an aromatic ring is 1. The van der Waals surface area contributed by atoms with Gasteiger partial charge in [-0.25, -0.2) is 4.68 Å². The third-order valence-corrected chi connectivity index (χ3v) is 2.75. The summed E-state index contributed by atoms with van der Waals surface area (Å²) in [6.45, 7) is 6.00. The molecule has 0 aliphatic carbocycles. The molecule has 4 nitrogen and oxygen atoms in total. The number of benzene rings is 1. The minimum atomic E-state index is 0.0908. The summed E-state index contributed by atoms with van der Waals surface area (Å²) in [6.07, 6.45) is 0. The van der Waals surface area contributed by atoms with Crippen molar-refractivity contribution in [2.45, 2.75) is 20.8 Å². The SMILES string of the molecule is Cc1cc(C)n(-c2ccc(C(=N)N)cc2C)n1. The molecule has 0 fully saturated rings. The Bertz CT molecular complexity index is 581. The van der Waals surface area contributed by atoms with Crippen LogP contribution in [-0.4, -0.2) is 15.6 Å². The fraction of sp³-hybridized carbons (Fsp3) is 0.231. The molecule has 0 spiro atoms. The first-order valence-corrected chi connectivity index (χ1v) is 5.47. The summed E-state index contributed by atoms with van der Waals surface area (Å²) in [5.41, 5.74) is 10.4. The number of rotatable bonds is 2. The lowest BCUT2D eigenvalue weighted by Crippen LogP contribution is -2.12. The molecule has 1 heterocycles. The van der Waals surface area contributed by atoms with E-state index in [0.717, 1.165) is 28.2 Å². The van der Waals surface area contributed by atoms with Gasteiger partial charge in [0.1, 0.15) is 5.84 Å². The Hall–Kier alpha value is -2.10. The van der Waals surface area contributed by atoms with Gasteiger partial charge in [0.15, 0.2) is 0 Å². The molecule has 0 aliphatic heterocycles. The van der Waals surface area contributed by atoms with E-state index in [1.54, 1.807) is 0 Å². The van der Waals surface area contributed by atoms with Gasteiger partial charge in [-0.05, 0) is 50.6 Å². The average Bonchev–Trinajstić information content (AvgIpc) is 2.57. The fourth-order valence-electron chi connectivity index (χ4n) is 1.93. The van der Waals surface area contributed by atoms with Crippen LogP contribution in [0.15, 0.2) is 24.3 Å².